The summed E-state index contributed by atoms with van der Waals surface area (Å²) in [5, 5.41) is 13.2. The lowest BCUT2D eigenvalue weighted by Gasteiger charge is -2.06. The van der Waals surface area contributed by atoms with E-state index in [1.54, 1.807) is 0 Å². The van der Waals surface area contributed by atoms with Gasteiger partial charge in [-0.25, -0.2) is 0 Å². The predicted octanol–water partition coefficient (Wildman–Crippen LogP) is 2.03. The predicted molar refractivity (Wildman–Crippen MR) is 51.0 cm³/mol. The van der Waals surface area contributed by atoms with E-state index in [1.807, 2.05) is 11.6 Å². The maximum Gasteiger partial charge on any atom is 0.102 e. The van der Waals surface area contributed by atoms with Gasteiger partial charge in [-0.15, -0.1) is 0 Å². The number of aromatic nitrogens is 2. The van der Waals surface area contributed by atoms with Crippen molar-refractivity contribution in [1.82, 2.24) is 9.78 Å². The van der Waals surface area contributed by atoms with Crippen LogP contribution in [0.25, 0.3) is 0 Å². The minimum absolute atomic E-state index is 0.0128. The van der Waals surface area contributed by atoms with Crippen LogP contribution < -0.4 is 0 Å². The Morgan fingerprint density at radius 2 is 2.17 bits per heavy atom. The fourth-order valence-electron chi connectivity index (χ4n) is 1.16. The molecule has 0 saturated carbocycles. The average molecular weight is 233 g/mol. The molecule has 0 amide bonds. The van der Waals surface area contributed by atoms with E-state index in [0.717, 1.165) is 10.2 Å². The monoisotopic (exact) mass is 232 g/mol. The first-order valence-electron chi connectivity index (χ1n) is 3.92. The van der Waals surface area contributed by atoms with Gasteiger partial charge >= 0.3 is 0 Å². The van der Waals surface area contributed by atoms with Crippen molar-refractivity contribution in [2.75, 3.05) is 0 Å². The molecule has 1 aromatic heterocycles. The normalized spacial score (nSPS) is 11.2. The zero-order valence-corrected chi connectivity index (χ0v) is 9.09. The quantitative estimate of drug-likeness (QED) is 0.848. The van der Waals surface area contributed by atoms with Gasteiger partial charge in [-0.1, -0.05) is 0 Å². The molecule has 1 rings (SSSR count). The summed E-state index contributed by atoms with van der Waals surface area (Å²) in [6.45, 7) is 6.10. The van der Waals surface area contributed by atoms with Gasteiger partial charge in [0, 0.05) is 6.04 Å². The zero-order valence-electron chi connectivity index (χ0n) is 7.50. The Hall–Kier alpha value is -0.350. The topological polar surface area (TPSA) is 38.1 Å². The lowest BCUT2D eigenvalue weighted by atomic mass is 10.3. The SMILES string of the molecule is Cc1c(Br)c(CO)nn1C(C)C. The first kappa shape index (κ1) is 9.74. The minimum Gasteiger partial charge on any atom is -0.390 e. The second kappa shape index (κ2) is 3.58. The molecule has 0 radical (unpaired) electrons. The summed E-state index contributed by atoms with van der Waals surface area (Å²) < 4.78 is 2.81. The third-order valence-corrected chi connectivity index (χ3v) is 2.81. The maximum atomic E-state index is 8.93. The summed E-state index contributed by atoms with van der Waals surface area (Å²) in [6.07, 6.45) is 0. The molecule has 0 aliphatic rings. The third-order valence-electron chi connectivity index (χ3n) is 1.78. The van der Waals surface area contributed by atoms with Crippen molar-refractivity contribution in [2.24, 2.45) is 0 Å². The fourth-order valence-corrected chi connectivity index (χ4v) is 1.55. The largest absolute Gasteiger partial charge is 0.390 e. The number of rotatable bonds is 2. The van der Waals surface area contributed by atoms with Crippen LogP contribution in [-0.2, 0) is 6.61 Å². The van der Waals surface area contributed by atoms with Gasteiger partial charge in [0.2, 0.25) is 0 Å². The van der Waals surface area contributed by atoms with Crippen LogP contribution in [0.3, 0.4) is 0 Å². The lowest BCUT2D eigenvalue weighted by Crippen LogP contribution is -2.05. The van der Waals surface area contributed by atoms with Gasteiger partial charge in [0.1, 0.15) is 5.69 Å². The number of aliphatic hydroxyl groups excluding tert-OH is 1. The van der Waals surface area contributed by atoms with Crippen molar-refractivity contribution in [2.45, 2.75) is 33.4 Å². The van der Waals surface area contributed by atoms with Gasteiger partial charge in [0.15, 0.2) is 0 Å². The number of aliphatic hydroxyl groups is 1. The molecule has 68 valence electrons. The Labute approximate surface area is 80.5 Å². The molecule has 12 heavy (non-hydrogen) atoms. The van der Waals surface area contributed by atoms with Crippen molar-refractivity contribution >= 4 is 15.9 Å². The molecule has 4 heteroatoms. The fraction of sp³-hybridized carbons (Fsp3) is 0.625. The van der Waals surface area contributed by atoms with Crippen LogP contribution in [0.15, 0.2) is 4.47 Å². The summed E-state index contributed by atoms with van der Waals surface area (Å²) in [7, 11) is 0. The Morgan fingerprint density at radius 3 is 2.42 bits per heavy atom. The minimum atomic E-state index is -0.0128. The van der Waals surface area contributed by atoms with Crippen LogP contribution in [0.1, 0.15) is 31.3 Å². The van der Waals surface area contributed by atoms with Crippen molar-refractivity contribution in [1.29, 1.82) is 0 Å². The second-order valence-electron chi connectivity index (χ2n) is 3.04. The maximum absolute atomic E-state index is 8.93. The number of hydrogen-bond donors (Lipinski definition) is 1. The van der Waals surface area contributed by atoms with Gasteiger partial charge in [-0.2, -0.15) is 5.10 Å². The average Bonchev–Trinajstić information content (AvgIpc) is 2.30. The first-order valence-corrected chi connectivity index (χ1v) is 4.71. The van der Waals surface area contributed by atoms with Crippen molar-refractivity contribution in [3.8, 4) is 0 Å². The molecule has 0 aromatic carbocycles. The van der Waals surface area contributed by atoms with Gasteiger partial charge < -0.3 is 5.11 Å². The Balaban J connectivity index is 3.16. The molecule has 0 unspecified atom stereocenters. The summed E-state index contributed by atoms with van der Waals surface area (Å²) in [6, 6.07) is 0.335. The number of nitrogens with zero attached hydrogens (tertiary/aromatic N) is 2. The number of hydrogen-bond acceptors (Lipinski definition) is 2. The highest BCUT2D eigenvalue weighted by atomic mass is 79.9. The molecule has 0 bridgehead atoms. The van der Waals surface area contributed by atoms with E-state index in [1.165, 1.54) is 0 Å². The van der Waals surface area contributed by atoms with Crippen LogP contribution in [0, 0.1) is 6.92 Å². The molecule has 0 aliphatic carbocycles. The second-order valence-corrected chi connectivity index (χ2v) is 3.84. The molecule has 3 nitrogen and oxygen atoms in total. The molecule has 0 saturated heterocycles. The standard InChI is InChI=1S/C8H13BrN2O/c1-5(2)11-6(3)8(9)7(4-12)10-11/h5,12H,4H2,1-3H3. The van der Waals surface area contributed by atoms with Gasteiger partial charge in [-0.3, -0.25) is 4.68 Å². The van der Waals surface area contributed by atoms with E-state index < -0.39 is 0 Å². The van der Waals surface area contributed by atoms with Crippen LogP contribution in [-0.4, -0.2) is 14.9 Å². The van der Waals surface area contributed by atoms with Crippen molar-refractivity contribution in [3.05, 3.63) is 15.9 Å². The van der Waals surface area contributed by atoms with E-state index in [-0.39, 0.29) is 6.61 Å². The molecule has 0 fully saturated rings. The molecular formula is C8H13BrN2O. The van der Waals surface area contributed by atoms with E-state index in [4.69, 9.17) is 5.11 Å². The Bertz CT molecular complexity index is 281. The highest BCUT2D eigenvalue weighted by molar-refractivity contribution is 9.10. The molecule has 1 N–H and O–H groups in total. The van der Waals surface area contributed by atoms with Gasteiger partial charge in [0.25, 0.3) is 0 Å². The van der Waals surface area contributed by atoms with Crippen LogP contribution >= 0.6 is 15.9 Å². The molecule has 1 heterocycles. The highest BCUT2D eigenvalue weighted by Crippen LogP contribution is 2.23. The first-order chi connectivity index (χ1) is 5.57. The van der Waals surface area contributed by atoms with Crippen LogP contribution in [0.4, 0.5) is 0 Å². The summed E-state index contributed by atoms with van der Waals surface area (Å²) in [5.41, 5.74) is 1.77. The Kier molecular flexibility index (Phi) is 2.90. The van der Waals surface area contributed by atoms with E-state index in [9.17, 15) is 0 Å². The van der Waals surface area contributed by atoms with Gasteiger partial charge in [0.05, 0.1) is 16.8 Å². The lowest BCUT2D eigenvalue weighted by molar-refractivity contribution is 0.274. The molecule has 0 atom stereocenters. The summed E-state index contributed by atoms with van der Waals surface area (Å²) >= 11 is 3.39. The van der Waals surface area contributed by atoms with Crippen molar-refractivity contribution in [3.63, 3.8) is 0 Å². The smallest absolute Gasteiger partial charge is 0.102 e. The van der Waals surface area contributed by atoms with E-state index >= 15 is 0 Å². The Morgan fingerprint density at radius 1 is 1.58 bits per heavy atom. The van der Waals surface area contributed by atoms with E-state index in [2.05, 4.69) is 34.9 Å². The van der Waals surface area contributed by atoms with Crippen LogP contribution in [0.2, 0.25) is 0 Å². The van der Waals surface area contributed by atoms with Crippen LogP contribution in [0.5, 0.6) is 0 Å². The zero-order chi connectivity index (χ0) is 9.30. The summed E-state index contributed by atoms with van der Waals surface area (Å²) in [4.78, 5) is 0. The highest BCUT2D eigenvalue weighted by Gasteiger charge is 2.12. The molecule has 0 aliphatic heterocycles. The van der Waals surface area contributed by atoms with Crippen molar-refractivity contribution < 1.29 is 5.11 Å². The molecular weight excluding hydrogens is 220 g/mol. The summed E-state index contributed by atoms with van der Waals surface area (Å²) in [5.74, 6) is 0. The van der Waals surface area contributed by atoms with E-state index in [0.29, 0.717) is 11.7 Å². The molecule has 1 aromatic rings. The van der Waals surface area contributed by atoms with Gasteiger partial charge in [-0.05, 0) is 36.7 Å². The molecule has 0 spiro atoms. The number of halogens is 1. The third kappa shape index (κ3) is 1.54.